The first-order chi connectivity index (χ1) is 13.8. The van der Waals surface area contributed by atoms with Crippen LogP contribution in [0.1, 0.15) is 24.2 Å². The van der Waals surface area contributed by atoms with E-state index in [1.807, 2.05) is 13.8 Å². The second kappa shape index (κ2) is 6.77. The molecule has 29 heavy (non-hydrogen) atoms. The highest BCUT2D eigenvalue weighted by atomic mass is 16.5. The van der Waals surface area contributed by atoms with E-state index < -0.39 is 16.9 Å². The normalized spacial score (nSPS) is 15.4. The predicted molar refractivity (Wildman–Crippen MR) is 110 cm³/mol. The third-order valence-corrected chi connectivity index (χ3v) is 4.94. The summed E-state index contributed by atoms with van der Waals surface area (Å²) in [5, 5.41) is 3.35. The molecule has 2 aromatic carbocycles. The predicted octanol–water partition coefficient (Wildman–Crippen LogP) is 3.43. The summed E-state index contributed by atoms with van der Waals surface area (Å²) in [5.74, 6) is -0.127. The molecule has 1 aromatic heterocycles. The SMILES string of the molecule is CN1C(=O)C(C)(C)COc2ccc(NC(=O)c3cc4ccccc4oc3=O)cc21. The highest BCUT2D eigenvalue weighted by molar-refractivity contribution is 6.06. The number of benzene rings is 2. The lowest BCUT2D eigenvalue weighted by Crippen LogP contribution is -2.39. The Kier molecular flexibility index (Phi) is 4.38. The molecule has 2 amide bonds. The van der Waals surface area contributed by atoms with Crippen molar-refractivity contribution in [1.82, 2.24) is 0 Å². The summed E-state index contributed by atoms with van der Waals surface area (Å²) >= 11 is 0. The van der Waals surface area contributed by atoms with E-state index in [-0.39, 0.29) is 18.1 Å². The molecule has 2 heterocycles. The Bertz CT molecular complexity index is 1200. The zero-order chi connectivity index (χ0) is 20.8. The fraction of sp³-hybridized carbons (Fsp3) is 0.227. The van der Waals surface area contributed by atoms with Gasteiger partial charge in [0, 0.05) is 18.1 Å². The van der Waals surface area contributed by atoms with E-state index in [0.29, 0.717) is 28.1 Å². The largest absolute Gasteiger partial charge is 0.490 e. The lowest BCUT2D eigenvalue weighted by atomic mass is 9.93. The molecule has 0 saturated heterocycles. The summed E-state index contributed by atoms with van der Waals surface area (Å²) in [7, 11) is 1.67. The Morgan fingerprint density at radius 3 is 2.66 bits per heavy atom. The van der Waals surface area contributed by atoms with Gasteiger partial charge in [-0.2, -0.15) is 0 Å². The smallest absolute Gasteiger partial charge is 0.349 e. The van der Waals surface area contributed by atoms with E-state index in [2.05, 4.69) is 5.32 Å². The van der Waals surface area contributed by atoms with Crippen LogP contribution in [-0.2, 0) is 4.79 Å². The zero-order valence-corrected chi connectivity index (χ0v) is 16.3. The number of hydrogen-bond donors (Lipinski definition) is 1. The summed E-state index contributed by atoms with van der Waals surface area (Å²) in [6.45, 7) is 3.89. The molecular formula is C22H20N2O5. The van der Waals surface area contributed by atoms with Crippen molar-refractivity contribution in [2.45, 2.75) is 13.8 Å². The highest BCUT2D eigenvalue weighted by Crippen LogP contribution is 2.37. The number of nitrogens with one attached hydrogen (secondary N) is 1. The van der Waals surface area contributed by atoms with Gasteiger partial charge in [0.1, 0.15) is 23.5 Å². The fourth-order valence-electron chi connectivity index (χ4n) is 3.28. The molecule has 0 radical (unpaired) electrons. The quantitative estimate of drug-likeness (QED) is 0.675. The molecule has 148 valence electrons. The van der Waals surface area contributed by atoms with Gasteiger partial charge in [0.25, 0.3) is 5.91 Å². The van der Waals surface area contributed by atoms with Crippen molar-refractivity contribution in [2.24, 2.45) is 5.41 Å². The molecule has 0 unspecified atom stereocenters. The lowest BCUT2D eigenvalue weighted by molar-refractivity contribution is -0.127. The molecule has 0 fully saturated rings. The fourth-order valence-corrected chi connectivity index (χ4v) is 3.28. The molecule has 1 aliphatic rings. The molecule has 0 aliphatic carbocycles. The monoisotopic (exact) mass is 392 g/mol. The Balaban J connectivity index is 1.65. The first kappa shape index (κ1) is 18.7. The van der Waals surface area contributed by atoms with Crippen molar-refractivity contribution in [3.8, 4) is 5.75 Å². The minimum atomic E-state index is -0.715. The molecule has 0 spiro atoms. The van der Waals surface area contributed by atoms with E-state index in [4.69, 9.17) is 9.15 Å². The van der Waals surface area contributed by atoms with Gasteiger partial charge >= 0.3 is 5.63 Å². The maximum Gasteiger partial charge on any atom is 0.349 e. The number of nitrogens with zero attached hydrogens (tertiary/aromatic N) is 1. The molecule has 3 aromatic rings. The van der Waals surface area contributed by atoms with Gasteiger partial charge in [0.2, 0.25) is 5.91 Å². The van der Waals surface area contributed by atoms with Crippen molar-refractivity contribution in [2.75, 3.05) is 23.9 Å². The van der Waals surface area contributed by atoms with Gasteiger partial charge in [-0.05, 0) is 44.2 Å². The standard InChI is InChI=1S/C22H20N2O5/c1-22(2)12-28-18-9-8-14(11-16(18)24(3)21(22)27)23-19(25)15-10-13-6-4-5-7-17(13)29-20(15)26/h4-11H,12H2,1-3H3,(H,23,25). The van der Waals surface area contributed by atoms with E-state index in [1.54, 1.807) is 49.5 Å². The zero-order valence-electron chi connectivity index (χ0n) is 16.3. The lowest BCUT2D eigenvalue weighted by Gasteiger charge is -2.24. The summed E-state index contributed by atoms with van der Waals surface area (Å²) < 4.78 is 11.0. The summed E-state index contributed by atoms with van der Waals surface area (Å²) in [5.41, 5.74) is -0.0812. The summed E-state index contributed by atoms with van der Waals surface area (Å²) in [6, 6.07) is 13.5. The average molecular weight is 392 g/mol. The number of hydrogen-bond acceptors (Lipinski definition) is 5. The molecule has 4 rings (SSSR count). The minimum absolute atomic E-state index is 0.0881. The van der Waals surface area contributed by atoms with E-state index in [1.165, 1.54) is 11.0 Å². The average Bonchev–Trinajstić information content (AvgIpc) is 2.78. The molecule has 7 nitrogen and oxygen atoms in total. The van der Waals surface area contributed by atoms with Crippen LogP contribution < -0.4 is 20.6 Å². The van der Waals surface area contributed by atoms with Crippen LogP contribution in [0.3, 0.4) is 0 Å². The van der Waals surface area contributed by atoms with Crippen molar-refractivity contribution < 1.29 is 18.7 Å². The number of amides is 2. The number of ether oxygens (including phenoxy) is 1. The number of carbonyl (C=O) groups is 2. The van der Waals surface area contributed by atoms with Gasteiger partial charge in [-0.25, -0.2) is 4.79 Å². The van der Waals surface area contributed by atoms with Gasteiger partial charge in [-0.3, -0.25) is 9.59 Å². The number of anilines is 2. The molecule has 0 saturated carbocycles. The Morgan fingerprint density at radius 2 is 1.86 bits per heavy atom. The van der Waals surface area contributed by atoms with Gasteiger partial charge in [0.15, 0.2) is 0 Å². The van der Waals surface area contributed by atoms with Crippen LogP contribution in [0.25, 0.3) is 11.0 Å². The Hall–Kier alpha value is -3.61. The molecular weight excluding hydrogens is 372 g/mol. The van der Waals surface area contributed by atoms with Gasteiger partial charge in [-0.15, -0.1) is 0 Å². The first-order valence-electron chi connectivity index (χ1n) is 9.15. The van der Waals surface area contributed by atoms with Gasteiger partial charge in [-0.1, -0.05) is 18.2 Å². The molecule has 1 aliphatic heterocycles. The van der Waals surface area contributed by atoms with Crippen LogP contribution in [-0.4, -0.2) is 25.5 Å². The van der Waals surface area contributed by atoms with E-state index >= 15 is 0 Å². The maximum absolute atomic E-state index is 12.7. The second-order valence-corrected chi connectivity index (χ2v) is 7.66. The van der Waals surface area contributed by atoms with Crippen LogP contribution >= 0.6 is 0 Å². The van der Waals surface area contributed by atoms with Gasteiger partial charge < -0.3 is 19.4 Å². The van der Waals surface area contributed by atoms with Gasteiger partial charge in [0.05, 0.1) is 11.1 Å². The van der Waals surface area contributed by atoms with Crippen LogP contribution in [0.4, 0.5) is 11.4 Å². The molecule has 0 bridgehead atoms. The Morgan fingerprint density at radius 1 is 1.10 bits per heavy atom. The summed E-state index contributed by atoms with van der Waals surface area (Å²) in [6.07, 6.45) is 0. The number of rotatable bonds is 2. The van der Waals surface area contributed by atoms with Crippen molar-refractivity contribution in [3.05, 3.63) is 64.5 Å². The van der Waals surface area contributed by atoms with E-state index in [0.717, 1.165) is 0 Å². The summed E-state index contributed by atoms with van der Waals surface area (Å²) in [4.78, 5) is 39.1. The minimum Gasteiger partial charge on any atom is -0.490 e. The topological polar surface area (TPSA) is 88.8 Å². The van der Waals surface area contributed by atoms with E-state index in [9.17, 15) is 14.4 Å². The van der Waals surface area contributed by atoms with Crippen LogP contribution in [0, 0.1) is 5.41 Å². The number of fused-ring (bicyclic) bond motifs is 2. The van der Waals surface area contributed by atoms with Crippen LogP contribution in [0.5, 0.6) is 5.75 Å². The second-order valence-electron chi connectivity index (χ2n) is 7.66. The highest BCUT2D eigenvalue weighted by Gasteiger charge is 2.36. The van der Waals surface area contributed by atoms with Crippen molar-refractivity contribution in [1.29, 1.82) is 0 Å². The Labute approximate surface area is 166 Å². The molecule has 0 atom stereocenters. The first-order valence-corrected chi connectivity index (χ1v) is 9.15. The molecule has 7 heteroatoms. The molecule has 1 N–H and O–H groups in total. The van der Waals surface area contributed by atoms with Crippen LogP contribution in [0.15, 0.2) is 57.7 Å². The number of para-hydroxylation sites is 1. The maximum atomic E-state index is 12.7. The van der Waals surface area contributed by atoms with Crippen molar-refractivity contribution >= 4 is 34.2 Å². The van der Waals surface area contributed by atoms with Crippen LogP contribution in [0.2, 0.25) is 0 Å². The number of carbonyl (C=O) groups excluding carboxylic acids is 2. The third-order valence-electron chi connectivity index (χ3n) is 4.94. The third kappa shape index (κ3) is 3.35. The van der Waals surface area contributed by atoms with Crippen molar-refractivity contribution in [3.63, 3.8) is 0 Å².